The van der Waals surface area contributed by atoms with E-state index in [1.807, 2.05) is 51.4 Å². The fourth-order valence-electron chi connectivity index (χ4n) is 1.44. The van der Waals surface area contributed by atoms with Crippen molar-refractivity contribution in [3.05, 3.63) is 12.2 Å². The number of carbonyl (C=O) groups excluding carboxylic acids is 2. The highest BCUT2D eigenvalue weighted by atomic mass is 28.4. The van der Waals surface area contributed by atoms with Gasteiger partial charge in [0.2, 0.25) is 16.6 Å². The fourth-order valence-corrected chi connectivity index (χ4v) is 2.99. The molecule has 0 rings (SSSR count). The van der Waals surface area contributed by atoms with E-state index >= 15 is 0 Å². The summed E-state index contributed by atoms with van der Waals surface area (Å²) < 4.78 is 10.7. The molecular weight excluding hydrogens is 288 g/mol. The third-order valence-corrected chi connectivity index (χ3v) is 3.72. The normalized spacial score (nSPS) is 12.5. The molecule has 0 aromatic carbocycles. The molecule has 0 bridgehead atoms. The van der Waals surface area contributed by atoms with E-state index in [4.69, 9.17) is 8.85 Å². The van der Waals surface area contributed by atoms with E-state index in [0.717, 1.165) is 12.8 Å². The van der Waals surface area contributed by atoms with Crippen LogP contribution in [0, 0.1) is 0 Å². The second-order valence-corrected chi connectivity index (χ2v) is 15.6. The van der Waals surface area contributed by atoms with Crippen molar-refractivity contribution in [1.29, 1.82) is 0 Å². The summed E-state index contributed by atoms with van der Waals surface area (Å²) in [5.41, 5.74) is 0. The van der Waals surface area contributed by atoms with Gasteiger partial charge in [0, 0.05) is 6.42 Å². The minimum atomic E-state index is -1.77. The van der Waals surface area contributed by atoms with Gasteiger partial charge in [-0.2, -0.15) is 0 Å². The number of hydrogen-bond donors (Lipinski definition) is 0. The Bertz CT molecular complexity index is 351. The molecule has 20 heavy (non-hydrogen) atoms. The van der Waals surface area contributed by atoms with E-state index in [0.29, 0.717) is 12.8 Å². The lowest BCUT2D eigenvalue weighted by atomic mass is 10.2. The first-order valence-electron chi connectivity index (χ1n) is 7.08. The second-order valence-electron chi connectivity index (χ2n) is 6.74. The van der Waals surface area contributed by atoms with Gasteiger partial charge in [0.05, 0.1) is 6.42 Å². The number of allylic oxidation sites excluding steroid dienone is 1. The van der Waals surface area contributed by atoms with Crippen LogP contribution in [0.5, 0.6) is 0 Å². The predicted octanol–water partition coefficient (Wildman–Crippen LogP) is 3.86. The highest BCUT2D eigenvalue weighted by molar-refractivity contribution is 6.71. The van der Waals surface area contributed by atoms with Gasteiger partial charge in [-0.3, -0.25) is 9.59 Å². The van der Waals surface area contributed by atoms with Crippen molar-refractivity contribution in [3.8, 4) is 0 Å². The third kappa shape index (κ3) is 13.5. The zero-order valence-corrected chi connectivity index (χ0v) is 15.6. The maximum absolute atomic E-state index is 11.5. The van der Waals surface area contributed by atoms with Gasteiger partial charge in [-0.15, -0.1) is 0 Å². The van der Waals surface area contributed by atoms with Crippen molar-refractivity contribution < 1.29 is 18.4 Å². The first-order chi connectivity index (χ1) is 8.99. The van der Waals surface area contributed by atoms with Gasteiger partial charge in [0.25, 0.3) is 11.9 Å². The fraction of sp³-hybridized carbons (Fsp3) is 0.714. The van der Waals surface area contributed by atoms with Crippen LogP contribution in [0.4, 0.5) is 0 Å². The molecule has 6 heteroatoms. The molecule has 0 aromatic heterocycles. The van der Waals surface area contributed by atoms with Crippen LogP contribution in [-0.2, 0) is 18.4 Å². The molecule has 0 spiro atoms. The molecule has 0 fully saturated rings. The lowest BCUT2D eigenvalue weighted by molar-refractivity contribution is -0.135. The topological polar surface area (TPSA) is 52.6 Å². The Morgan fingerprint density at radius 3 is 1.85 bits per heavy atom. The van der Waals surface area contributed by atoms with Gasteiger partial charge in [-0.25, -0.2) is 0 Å². The minimum Gasteiger partial charge on any atom is -0.520 e. The van der Waals surface area contributed by atoms with Crippen LogP contribution >= 0.6 is 0 Å². The first kappa shape index (κ1) is 19.1. The molecule has 4 nitrogen and oxygen atoms in total. The monoisotopic (exact) mass is 316 g/mol. The van der Waals surface area contributed by atoms with E-state index < -0.39 is 16.6 Å². The molecule has 0 aromatic rings. The molecule has 0 N–H and O–H groups in total. The molecule has 116 valence electrons. The second kappa shape index (κ2) is 8.41. The van der Waals surface area contributed by atoms with Crippen LogP contribution < -0.4 is 0 Å². The summed E-state index contributed by atoms with van der Waals surface area (Å²) >= 11 is 0. The van der Waals surface area contributed by atoms with Crippen LogP contribution in [0.3, 0.4) is 0 Å². The molecule has 0 amide bonds. The maximum atomic E-state index is 11.5. The predicted molar refractivity (Wildman–Crippen MR) is 86.5 cm³/mol. The van der Waals surface area contributed by atoms with Crippen molar-refractivity contribution in [2.24, 2.45) is 0 Å². The lowest BCUT2D eigenvalue weighted by Crippen LogP contribution is -2.29. The Morgan fingerprint density at radius 2 is 1.35 bits per heavy atom. The summed E-state index contributed by atoms with van der Waals surface area (Å²) in [6.07, 6.45) is 6.01. The largest absolute Gasteiger partial charge is 0.520 e. The average molecular weight is 317 g/mol. The number of carbonyl (C=O) groups is 2. The van der Waals surface area contributed by atoms with Crippen LogP contribution in [0.2, 0.25) is 39.3 Å². The molecule has 0 saturated heterocycles. The minimum absolute atomic E-state index is 0.115. The number of hydrogen-bond acceptors (Lipinski definition) is 4. The van der Waals surface area contributed by atoms with Crippen molar-refractivity contribution in [1.82, 2.24) is 0 Å². The smallest absolute Gasteiger partial charge is 0.296 e. The molecular formula is C14H28O4Si2. The molecule has 0 aliphatic heterocycles. The zero-order valence-electron chi connectivity index (χ0n) is 13.6. The van der Waals surface area contributed by atoms with Crippen LogP contribution in [0.25, 0.3) is 0 Å². The van der Waals surface area contributed by atoms with Gasteiger partial charge in [0.15, 0.2) is 0 Å². The molecule has 0 atom stereocenters. The van der Waals surface area contributed by atoms with Gasteiger partial charge >= 0.3 is 0 Å². The van der Waals surface area contributed by atoms with Crippen molar-refractivity contribution >= 4 is 28.6 Å². The Morgan fingerprint density at radius 1 is 0.850 bits per heavy atom. The average Bonchev–Trinajstić information content (AvgIpc) is 2.17. The van der Waals surface area contributed by atoms with Gasteiger partial charge < -0.3 is 8.85 Å². The molecule has 0 heterocycles. The van der Waals surface area contributed by atoms with E-state index in [9.17, 15) is 9.59 Å². The number of unbranched alkanes of at least 4 members (excludes halogenated alkanes) is 1. The maximum Gasteiger partial charge on any atom is 0.296 e. The number of rotatable bonds is 8. The molecule has 0 radical (unpaired) electrons. The van der Waals surface area contributed by atoms with Crippen molar-refractivity contribution in [3.63, 3.8) is 0 Å². The molecule has 0 saturated carbocycles. The van der Waals surface area contributed by atoms with Crippen LogP contribution in [-0.4, -0.2) is 28.6 Å². The van der Waals surface area contributed by atoms with E-state index in [2.05, 4.69) is 0 Å². The van der Waals surface area contributed by atoms with Crippen LogP contribution in [0.15, 0.2) is 12.2 Å². The molecule has 0 aliphatic carbocycles. The molecule has 0 aliphatic rings. The van der Waals surface area contributed by atoms with E-state index in [1.165, 1.54) is 0 Å². The van der Waals surface area contributed by atoms with Gasteiger partial charge in [-0.05, 0) is 52.1 Å². The first-order valence-corrected chi connectivity index (χ1v) is 13.9. The van der Waals surface area contributed by atoms with E-state index in [-0.39, 0.29) is 11.9 Å². The summed E-state index contributed by atoms with van der Waals surface area (Å²) in [6.45, 7) is 11.9. The highest BCUT2D eigenvalue weighted by Crippen LogP contribution is 2.08. The van der Waals surface area contributed by atoms with Crippen molar-refractivity contribution in [2.45, 2.75) is 65.0 Å². The molecule has 0 unspecified atom stereocenters. The highest BCUT2D eigenvalue weighted by Gasteiger charge is 2.19. The third-order valence-electron chi connectivity index (χ3n) is 2.04. The Hall–Kier alpha value is -0.886. The quantitative estimate of drug-likeness (QED) is 0.387. The van der Waals surface area contributed by atoms with Crippen molar-refractivity contribution in [2.75, 3.05) is 0 Å². The summed E-state index contributed by atoms with van der Waals surface area (Å²) in [5.74, 6) is -0.283. The lowest BCUT2D eigenvalue weighted by Gasteiger charge is -2.17. The Balaban J connectivity index is 3.73. The Labute approximate surface area is 124 Å². The van der Waals surface area contributed by atoms with Gasteiger partial charge in [-0.1, -0.05) is 12.2 Å². The zero-order chi connectivity index (χ0) is 15.8. The summed E-state index contributed by atoms with van der Waals surface area (Å²) in [7, 11) is -3.53. The summed E-state index contributed by atoms with van der Waals surface area (Å²) in [4.78, 5) is 22.9. The standard InChI is InChI=1S/C14H28O4Si2/c1-19(2,3)17-13(15)11-9-7-8-10-12-14(16)18-20(4,5)6/h7,9H,8,10-12H2,1-6H3/b9-7+. The van der Waals surface area contributed by atoms with Gasteiger partial charge in [0.1, 0.15) is 0 Å². The summed E-state index contributed by atoms with van der Waals surface area (Å²) in [6, 6.07) is 0. The van der Waals surface area contributed by atoms with E-state index in [1.54, 1.807) is 0 Å². The Kier molecular flexibility index (Phi) is 8.04. The SMILES string of the molecule is C[Si](C)(C)OC(=O)C/C=C/CCCC(=O)O[Si](C)(C)C. The van der Waals surface area contributed by atoms with Crippen LogP contribution in [0.1, 0.15) is 25.7 Å². The summed E-state index contributed by atoms with van der Waals surface area (Å²) in [5, 5.41) is 0.